The minimum atomic E-state index is -7.22. The molecule has 0 N–H and O–H groups in total. The van der Waals surface area contributed by atoms with Crippen LogP contribution in [0.1, 0.15) is 37.4 Å². The summed E-state index contributed by atoms with van der Waals surface area (Å²) in [5, 5.41) is 0. The van der Waals surface area contributed by atoms with Gasteiger partial charge >= 0.3 is 0 Å². The van der Waals surface area contributed by atoms with E-state index in [2.05, 4.69) is 53.0 Å². The van der Waals surface area contributed by atoms with Gasteiger partial charge in [0.05, 0.1) is 12.4 Å². The van der Waals surface area contributed by atoms with Crippen molar-refractivity contribution in [2.24, 2.45) is 0 Å². The molecule has 0 radical (unpaired) electrons. The van der Waals surface area contributed by atoms with Gasteiger partial charge in [-0.2, -0.15) is 4.57 Å². The van der Waals surface area contributed by atoms with E-state index in [1.807, 2.05) is 12.4 Å². The Balaban J connectivity index is 0.000000345. The third-order valence-electron chi connectivity index (χ3n) is 9.86. The molecule has 0 bridgehead atoms. The smallest absolute Gasteiger partial charge is 0.200 e. The van der Waals surface area contributed by atoms with Crippen molar-refractivity contribution in [3.05, 3.63) is 177 Å². The van der Waals surface area contributed by atoms with E-state index in [1.54, 1.807) is 0 Å². The van der Waals surface area contributed by atoms with Gasteiger partial charge in [0.25, 0.3) is 0 Å². The summed E-state index contributed by atoms with van der Waals surface area (Å²) >= 11 is 0. The maximum Gasteiger partial charge on any atom is 0.200 e. The van der Waals surface area contributed by atoms with Crippen molar-refractivity contribution in [3.8, 4) is 0 Å². The lowest BCUT2D eigenvalue weighted by Crippen LogP contribution is -2.81. The minimum absolute atomic E-state index is 0.935. The Bertz CT molecular complexity index is 2350. The van der Waals surface area contributed by atoms with Crippen LogP contribution in [0.3, 0.4) is 0 Å². The second-order valence-electron chi connectivity index (χ2n) is 13.4. The van der Waals surface area contributed by atoms with Crippen molar-refractivity contribution in [3.63, 3.8) is 0 Å². The Morgan fingerprint density at radius 2 is 0.714 bits per heavy atom. The highest BCUT2D eigenvalue weighted by atomic mass is 19.2. The number of unbranched alkanes of at least 4 members (excludes halogenated alkanes) is 2. The van der Waals surface area contributed by atoms with Crippen molar-refractivity contribution in [1.82, 2.24) is 4.98 Å². The number of hydrogen-bond donors (Lipinski definition) is 0. The van der Waals surface area contributed by atoms with E-state index in [9.17, 15) is 52.7 Å². The molecule has 0 atom stereocenters. The van der Waals surface area contributed by atoms with Gasteiger partial charge < -0.3 is 0 Å². The lowest BCUT2D eigenvalue weighted by atomic mass is 9.12. The fourth-order valence-corrected chi connectivity index (χ4v) is 6.99. The van der Waals surface area contributed by atoms with E-state index < -0.39 is 144 Å². The third kappa shape index (κ3) is 8.05. The van der Waals surface area contributed by atoms with Crippen molar-refractivity contribution in [2.45, 2.75) is 39.2 Å². The highest BCUT2D eigenvalue weighted by Crippen LogP contribution is 2.30. The number of aromatic nitrogens is 2. The number of halogens is 20. The molecule has 6 aromatic rings. The summed E-state index contributed by atoms with van der Waals surface area (Å²) in [6.45, 7) is 3.17. The van der Waals surface area contributed by atoms with Crippen LogP contribution in [0, 0.1) is 116 Å². The van der Waals surface area contributed by atoms with Crippen molar-refractivity contribution >= 4 is 28.0 Å². The van der Waals surface area contributed by atoms with Gasteiger partial charge in [-0.25, -0.2) is 87.8 Å². The van der Waals surface area contributed by atoms with Gasteiger partial charge in [-0.3, -0.25) is 4.98 Å². The van der Waals surface area contributed by atoms with E-state index in [1.165, 1.54) is 30.5 Å². The molecule has 0 aliphatic rings. The predicted molar refractivity (Wildman–Crippen MR) is 182 cm³/mol. The molecule has 2 nitrogen and oxygen atoms in total. The maximum absolute atomic E-state index is 15.4. The lowest BCUT2D eigenvalue weighted by molar-refractivity contribution is -0.696. The van der Waals surface area contributed by atoms with E-state index in [4.69, 9.17) is 0 Å². The topological polar surface area (TPSA) is 16.8 Å². The van der Waals surface area contributed by atoms with Gasteiger partial charge in [-0.05, 0) is 6.42 Å². The molecule has 0 unspecified atom stereocenters. The first-order chi connectivity index (χ1) is 29.6. The highest BCUT2D eigenvalue weighted by Gasteiger charge is 2.52. The van der Waals surface area contributed by atoms with Crippen molar-refractivity contribution in [2.75, 3.05) is 0 Å². The van der Waals surface area contributed by atoms with Crippen LogP contribution in [0.5, 0.6) is 0 Å². The van der Waals surface area contributed by atoms with Gasteiger partial charge in [-0.1, -0.05) is 50.1 Å². The van der Waals surface area contributed by atoms with Crippen LogP contribution in [0.4, 0.5) is 87.8 Å². The van der Waals surface area contributed by atoms with Crippen LogP contribution >= 0.6 is 0 Å². The fourth-order valence-electron chi connectivity index (χ4n) is 6.99. The fraction of sp³-hybridized carbons (Fsp3) is 0.150. The van der Waals surface area contributed by atoms with E-state index in [-0.39, 0.29) is 0 Å². The Morgan fingerprint density at radius 1 is 0.413 bits per heavy atom. The van der Waals surface area contributed by atoms with Gasteiger partial charge in [0, 0.05) is 12.0 Å². The standard InChI is InChI=1S/C24BF20.C16H21N2/c26-5-1(6(27)14(35)21(42)13(5)34)25(2-7(28)15(36)22(43)16(37)8(2)29,3-9(30)17(38)23(44)18(39)10(3)31)4-11(32)19(40)24(45)20(41)12(4)33;1-2-3-5-10-16-13-17-11-12-18(16)14-15-8-6-4-7-9-15/h;4,6-9,11-13H,2-3,5,10,14H2,1H3/q-1;+1. The normalized spacial score (nSPS) is 11.6. The molecular formula is C40H21BF20N2. The Labute approximate surface area is 341 Å². The molecule has 0 amide bonds. The molecule has 63 heavy (non-hydrogen) atoms. The molecule has 0 aliphatic heterocycles. The van der Waals surface area contributed by atoms with Crippen LogP contribution in [0.2, 0.25) is 0 Å². The zero-order valence-corrected chi connectivity index (χ0v) is 31.2. The number of aryl methyl sites for hydroxylation is 1. The first kappa shape index (κ1) is 47.9. The number of rotatable bonds is 10. The zero-order chi connectivity index (χ0) is 47.0. The Morgan fingerprint density at radius 3 is 1.02 bits per heavy atom. The average molecular weight is 920 g/mol. The molecule has 0 fully saturated rings. The number of hydrogen-bond acceptors (Lipinski definition) is 1. The van der Waals surface area contributed by atoms with E-state index in [0.717, 1.165) is 13.0 Å². The molecule has 0 aliphatic carbocycles. The largest absolute Gasteiger partial charge is 0.252 e. The van der Waals surface area contributed by atoms with Crippen molar-refractivity contribution < 1.29 is 92.4 Å². The summed E-state index contributed by atoms with van der Waals surface area (Å²) in [5.74, 6) is -71.4. The second kappa shape index (κ2) is 18.7. The summed E-state index contributed by atoms with van der Waals surface area (Å²) in [6, 6.07) is 10.6. The van der Waals surface area contributed by atoms with Crippen LogP contribution in [-0.2, 0) is 13.0 Å². The monoisotopic (exact) mass is 920 g/mol. The van der Waals surface area contributed by atoms with Crippen LogP contribution in [0.15, 0.2) is 48.9 Å². The number of nitrogens with zero attached hydrogens (tertiary/aromatic N) is 2. The third-order valence-corrected chi connectivity index (χ3v) is 9.86. The van der Waals surface area contributed by atoms with Crippen LogP contribution in [-0.4, -0.2) is 11.1 Å². The lowest BCUT2D eigenvalue weighted by Gasteiger charge is -2.44. The molecular weight excluding hydrogens is 899 g/mol. The maximum atomic E-state index is 15.4. The number of benzene rings is 5. The SMILES string of the molecule is CCCCCc1cncc[n+]1Cc1ccccc1.Fc1c(F)c(F)c([B-](c2c(F)c(F)c(F)c(F)c2F)(c2c(F)c(F)c(F)c(F)c2F)c2c(F)c(F)c(F)c(F)c2F)c(F)c1F. The summed E-state index contributed by atoms with van der Waals surface area (Å²) < 4.78 is 296. The summed E-state index contributed by atoms with van der Waals surface area (Å²) in [7, 11) is 0. The molecule has 0 spiro atoms. The molecule has 23 heteroatoms. The Kier molecular flexibility index (Phi) is 14.2. The molecule has 5 aromatic carbocycles. The highest BCUT2D eigenvalue weighted by molar-refractivity contribution is 7.20. The van der Waals surface area contributed by atoms with Gasteiger partial charge in [-0.15, -0.1) is 21.9 Å². The van der Waals surface area contributed by atoms with Crippen LogP contribution in [0.25, 0.3) is 0 Å². The first-order valence-electron chi connectivity index (χ1n) is 17.7. The van der Waals surface area contributed by atoms with Gasteiger partial charge in [0.2, 0.25) is 0 Å². The quantitative estimate of drug-likeness (QED) is 0.0335. The predicted octanol–water partition coefficient (Wildman–Crippen LogP) is 9.00. The molecule has 1 aromatic heterocycles. The molecule has 0 saturated carbocycles. The van der Waals surface area contributed by atoms with Crippen molar-refractivity contribution in [1.29, 1.82) is 0 Å². The van der Waals surface area contributed by atoms with E-state index >= 15 is 35.1 Å². The molecule has 0 saturated heterocycles. The molecule has 6 rings (SSSR count). The van der Waals surface area contributed by atoms with Gasteiger partial charge in [0.1, 0.15) is 52.7 Å². The Hall–Kier alpha value is -6.16. The minimum Gasteiger partial charge on any atom is -0.252 e. The second-order valence-corrected chi connectivity index (χ2v) is 13.4. The van der Waals surface area contributed by atoms with Gasteiger partial charge in [0.15, 0.2) is 88.2 Å². The summed E-state index contributed by atoms with van der Waals surface area (Å²) in [4.78, 5) is 4.24. The summed E-state index contributed by atoms with van der Waals surface area (Å²) in [5.41, 5.74) is -11.7. The molecule has 1 heterocycles. The summed E-state index contributed by atoms with van der Waals surface area (Å²) in [6.07, 6.45) is 3.65. The zero-order valence-electron chi connectivity index (χ0n) is 31.2. The van der Waals surface area contributed by atoms with E-state index in [0.29, 0.717) is 0 Å². The van der Waals surface area contributed by atoms with Crippen LogP contribution < -0.4 is 26.4 Å². The average Bonchev–Trinajstić information content (AvgIpc) is 3.27. The molecule has 334 valence electrons. The first-order valence-corrected chi connectivity index (χ1v) is 17.7.